The molecular weight excluding hydrogens is 646 g/mol. The van der Waals surface area contributed by atoms with Gasteiger partial charge in [0.1, 0.15) is 11.5 Å². The number of ether oxygens (including phenoxy) is 2. The molecule has 48 heavy (non-hydrogen) atoms. The lowest BCUT2D eigenvalue weighted by Crippen LogP contribution is -2.06. The Morgan fingerprint density at radius 2 is 1.23 bits per heavy atom. The van der Waals surface area contributed by atoms with Gasteiger partial charge in [-0.05, 0) is 50.2 Å². The molecule has 0 bridgehead atoms. The highest BCUT2D eigenvalue weighted by atomic mass is 32.2. The Kier molecular flexibility index (Phi) is 12.5. The summed E-state index contributed by atoms with van der Waals surface area (Å²) in [5, 5.41) is 34.6. The number of carbonyl (C=O) groups is 4. The van der Waals surface area contributed by atoms with Gasteiger partial charge in [-0.1, -0.05) is 24.3 Å². The van der Waals surface area contributed by atoms with Crippen molar-refractivity contribution in [1.29, 1.82) is 0 Å². The molecule has 3 aromatic carbocycles. The second-order valence-electron chi connectivity index (χ2n) is 9.77. The summed E-state index contributed by atoms with van der Waals surface area (Å²) < 4.78 is 23.3. The molecule has 250 valence electrons. The lowest BCUT2D eigenvalue weighted by molar-refractivity contribution is 0.0651. The van der Waals surface area contributed by atoms with Crippen LogP contribution >= 0.6 is 0 Å². The van der Waals surface area contributed by atoms with E-state index >= 15 is 0 Å². The molecule has 5 N–H and O–H groups in total. The summed E-state index contributed by atoms with van der Waals surface area (Å²) in [7, 11) is 1.91. The van der Waals surface area contributed by atoms with Crippen molar-refractivity contribution in [3.05, 3.63) is 112 Å². The van der Waals surface area contributed by atoms with Gasteiger partial charge in [0.15, 0.2) is 5.16 Å². The highest BCUT2D eigenvalue weighted by molar-refractivity contribution is 7.84. The number of aromatic amines is 1. The number of carboxylic acids is 4. The van der Waals surface area contributed by atoms with Gasteiger partial charge < -0.3 is 34.9 Å². The van der Waals surface area contributed by atoms with E-state index in [1.165, 1.54) is 48.5 Å². The van der Waals surface area contributed by atoms with E-state index in [1.807, 2.05) is 32.0 Å². The van der Waals surface area contributed by atoms with E-state index < -0.39 is 34.7 Å². The van der Waals surface area contributed by atoms with Gasteiger partial charge in [-0.25, -0.2) is 24.2 Å². The number of methoxy groups -OCH3 is 2. The van der Waals surface area contributed by atoms with Crippen molar-refractivity contribution in [2.75, 3.05) is 14.2 Å². The quantitative estimate of drug-likeness (QED) is 0.138. The number of pyridine rings is 1. The summed E-state index contributed by atoms with van der Waals surface area (Å²) in [5.41, 5.74) is 3.40. The number of H-pyrrole nitrogens is 1. The molecule has 0 aliphatic carbocycles. The van der Waals surface area contributed by atoms with Crippen LogP contribution in [0, 0.1) is 13.8 Å². The lowest BCUT2D eigenvalue weighted by Gasteiger charge is -2.11. The molecule has 0 amide bonds. The predicted molar refractivity (Wildman–Crippen MR) is 174 cm³/mol. The molecule has 2 aromatic heterocycles. The van der Waals surface area contributed by atoms with Crippen LogP contribution in [0.5, 0.6) is 11.5 Å². The van der Waals surface area contributed by atoms with Gasteiger partial charge in [0, 0.05) is 23.4 Å². The van der Waals surface area contributed by atoms with Gasteiger partial charge in [-0.15, -0.1) is 0 Å². The Morgan fingerprint density at radius 1 is 0.750 bits per heavy atom. The van der Waals surface area contributed by atoms with E-state index in [2.05, 4.69) is 15.0 Å². The highest BCUT2D eigenvalue weighted by Gasteiger charge is 2.17. The number of aromatic carboxylic acids is 4. The van der Waals surface area contributed by atoms with Crippen LogP contribution in [0.2, 0.25) is 0 Å². The molecule has 0 aliphatic rings. The smallest absolute Gasteiger partial charge is 0.336 e. The van der Waals surface area contributed by atoms with Crippen LogP contribution in [0.25, 0.3) is 11.0 Å². The molecular formula is C33H31N3O11S. The van der Waals surface area contributed by atoms with E-state index in [0.29, 0.717) is 5.16 Å². The first-order chi connectivity index (χ1) is 22.8. The van der Waals surface area contributed by atoms with Gasteiger partial charge in [-0.2, -0.15) is 0 Å². The molecule has 0 fully saturated rings. The summed E-state index contributed by atoms with van der Waals surface area (Å²) >= 11 is 0. The summed E-state index contributed by atoms with van der Waals surface area (Å²) in [6.07, 6.45) is 1.74. The van der Waals surface area contributed by atoms with E-state index in [-0.39, 0.29) is 28.0 Å². The van der Waals surface area contributed by atoms with Gasteiger partial charge in [0.05, 0.1) is 69.8 Å². The summed E-state index contributed by atoms with van der Waals surface area (Å²) in [6, 6.07) is 16.4. The van der Waals surface area contributed by atoms with E-state index in [0.717, 1.165) is 39.4 Å². The Labute approximate surface area is 276 Å². The van der Waals surface area contributed by atoms with Crippen molar-refractivity contribution < 1.29 is 53.3 Å². The van der Waals surface area contributed by atoms with Crippen LogP contribution in [-0.2, 0) is 16.6 Å². The zero-order chi connectivity index (χ0) is 35.5. The second kappa shape index (κ2) is 16.5. The van der Waals surface area contributed by atoms with Crippen molar-refractivity contribution in [2.45, 2.75) is 24.8 Å². The number of hydrogen-bond donors (Lipinski definition) is 5. The monoisotopic (exact) mass is 677 g/mol. The third-order valence-corrected chi connectivity index (χ3v) is 7.84. The largest absolute Gasteiger partial charge is 0.497 e. The zero-order valence-corrected chi connectivity index (χ0v) is 26.9. The fraction of sp³-hybridized carbons (Fsp3) is 0.152. The fourth-order valence-corrected chi connectivity index (χ4v) is 5.42. The minimum absolute atomic E-state index is 0.190. The average Bonchev–Trinajstić information content (AvgIpc) is 3.50. The minimum atomic E-state index is -1.33. The molecule has 0 saturated carbocycles. The predicted octanol–water partition coefficient (Wildman–Crippen LogP) is 5.07. The number of aryl methyl sites for hydroxylation is 1. The summed E-state index contributed by atoms with van der Waals surface area (Å²) in [5.74, 6) is -3.13. The first kappa shape index (κ1) is 36.4. The van der Waals surface area contributed by atoms with Crippen molar-refractivity contribution in [3.63, 3.8) is 0 Å². The van der Waals surface area contributed by atoms with Crippen molar-refractivity contribution >= 4 is 45.7 Å². The Hall–Kier alpha value is -6.09. The normalized spacial score (nSPS) is 10.8. The van der Waals surface area contributed by atoms with Crippen LogP contribution in [0.3, 0.4) is 0 Å². The SMILES string of the molecule is COc1ccc2nc(S(=O)Cc3ncc(C)c(OC)c3C)[nH]c2c1.O=C(O)c1ccccc1C(=O)O.O=C(O)c1ccccc1C(=O)O. The van der Waals surface area contributed by atoms with E-state index in [4.69, 9.17) is 29.9 Å². The molecule has 0 spiro atoms. The molecule has 1 atom stereocenters. The number of aromatic nitrogens is 3. The van der Waals surface area contributed by atoms with Crippen molar-refractivity contribution in [3.8, 4) is 11.5 Å². The standard InChI is InChI=1S/C17H19N3O3S.2C8H6O4/c1-10-8-18-15(11(2)16(10)23-4)9-24(21)17-19-13-6-5-12(22-3)7-14(13)20-17;2*9-7(10)5-3-1-2-4-6(5)8(11)12/h5-8H,9H2,1-4H3,(H,19,20);2*1-4H,(H,9,10)(H,11,12). The van der Waals surface area contributed by atoms with Crippen LogP contribution in [-0.4, -0.2) is 77.7 Å². The van der Waals surface area contributed by atoms with Gasteiger partial charge in [-0.3, -0.25) is 9.19 Å². The Morgan fingerprint density at radius 3 is 1.65 bits per heavy atom. The Balaban J connectivity index is 0.000000219. The zero-order valence-electron chi connectivity index (χ0n) is 26.1. The second-order valence-corrected chi connectivity index (χ2v) is 11.1. The van der Waals surface area contributed by atoms with E-state index in [1.54, 1.807) is 20.4 Å². The molecule has 1 unspecified atom stereocenters. The maximum absolute atomic E-state index is 12.7. The maximum Gasteiger partial charge on any atom is 0.336 e. The van der Waals surface area contributed by atoms with Crippen LogP contribution in [0.1, 0.15) is 58.3 Å². The average molecular weight is 678 g/mol. The molecule has 0 radical (unpaired) electrons. The number of nitrogens with zero attached hydrogens (tertiary/aromatic N) is 2. The maximum atomic E-state index is 12.7. The number of nitrogens with one attached hydrogen (secondary N) is 1. The molecule has 5 aromatic rings. The number of rotatable bonds is 9. The number of imidazole rings is 1. The molecule has 5 rings (SSSR count). The minimum Gasteiger partial charge on any atom is -0.497 e. The molecule has 0 aliphatic heterocycles. The molecule has 14 nitrogen and oxygen atoms in total. The number of fused-ring (bicyclic) bond motifs is 1. The van der Waals surface area contributed by atoms with Gasteiger partial charge in [0.2, 0.25) is 0 Å². The number of hydrogen-bond acceptors (Lipinski definition) is 9. The lowest BCUT2D eigenvalue weighted by atomic mass is 10.1. The van der Waals surface area contributed by atoms with Crippen molar-refractivity contribution in [1.82, 2.24) is 15.0 Å². The molecule has 0 saturated heterocycles. The van der Waals surface area contributed by atoms with Crippen molar-refractivity contribution in [2.24, 2.45) is 0 Å². The summed E-state index contributed by atoms with van der Waals surface area (Å²) in [6.45, 7) is 3.86. The molecule has 15 heteroatoms. The fourth-order valence-electron chi connectivity index (χ4n) is 4.32. The molecule has 2 heterocycles. The highest BCUT2D eigenvalue weighted by Crippen LogP contribution is 2.26. The first-order valence-corrected chi connectivity index (χ1v) is 15.1. The topological polar surface area (TPSA) is 226 Å². The van der Waals surface area contributed by atoms with E-state index in [9.17, 15) is 23.4 Å². The summed E-state index contributed by atoms with van der Waals surface area (Å²) in [4.78, 5) is 53.8. The van der Waals surface area contributed by atoms with Gasteiger partial charge >= 0.3 is 23.9 Å². The first-order valence-electron chi connectivity index (χ1n) is 13.8. The van der Waals surface area contributed by atoms with Gasteiger partial charge in [0.25, 0.3) is 0 Å². The Bertz CT molecular complexity index is 1870. The van der Waals surface area contributed by atoms with Crippen LogP contribution in [0.15, 0.2) is 78.1 Å². The number of carboxylic acid groups (broad SMARTS) is 4. The number of benzene rings is 3. The van der Waals surface area contributed by atoms with Crippen LogP contribution < -0.4 is 9.47 Å². The van der Waals surface area contributed by atoms with Crippen LogP contribution in [0.4, 0.5) is 0 Å². The third-order valence-electron chi connectivity index (χ3n) is 6.68. The third kappa shape index (κ3) is 9.01.